The van der Waals surface area contributed by atoms with E-state index in [4.69, 9.17) is 4.99 Å². The molecule has 5 nitrogen and oxygen atoms in total. The molecule has 0 spiro atoms. The molecule has 0 unspecified atom stereocenters. The van der Waals surface area contributed by atoms with Gasteiger partial charge in [-0.1, -0.05) is 6.07 Å². The zero-order chi connectivity index (χ0) is 16.0. The van der Waals surface area contributed by atoms with Crippen molar-refractivity contribution in [2.75, 3.05) is 38.5 Å². The number of para-hydroxylation sites is 1. The molecule has 0 bridgehead atoms. The molecule has 1 aromatic carbocycles. The Morgan fingerprint density at radius 3 is 2.78 bits per heavy atom. The first-order chi connectivity index (χ1) is 11.1. The van der Waals surface area contributed by atoms with Crippen LogP contribution in [0.4, 0.5) is 21.6 Å². The molecule has 0 aliphatic carbocycles. The van der Waals surface area contributed by atoms with E-state index in [1.165, 1.54) is 6.07 Å². The molecular formula is C16H18FN5S. The zero-order valence-electron chi connectivity index (χ0n) is 13.1. The second-order valence-electron chi connectivity index (χ2n) is 5.90. The van der Waals surface area contributed by atoms with E-state index in [0.717, 1.165) is 47.7 Å². The lowest BCUT2D eigenvalue weighted by Crippen LogP contribution is -2.47. The van der Waals surface area contributed by atoms with Crippen molar-refractivity contribution < 1.29 is 4.39 Å². The van der Waals surface area contributed by atoms with Crippen molar-refractivity contribution >= 4 is 34.4 Å². The average Bonchev–Trinajstić information content (AvgIpc) is 2.81. The largest absolute Gasteiger partial charge is 0.353 e. The van der Waals surface area contributed by atoms with Gasteiger partial charge in [0.1, 0.15) is 10.6 Å². The predicted molar refractivity (Wildman–Crippen MR) is 91.8 cm³/mol. The number of piperazine rings is 1. The first-order valence-corrected chi connectivity index (χ1v) is 8.49. The van der Waals surface area contributed by atoms with Crippen molar-refractivity contribution in [2.45, 2.75) is 6.92 Å². The second-order valence-corrected chi connectivity index (χ2v) is 7.10. The van der Waals surface area contributed by atoms with Gasteiger partial charge in [0.05, 0.1) is 10.7 Å². The van der Waals surface area contributed by atoms with E-state index < -0.39 is 0 Å². The minimum atomic E-state index is -0.312. The first-order valence-electron chi connectivity index (χ1n) is 7.67. The van der Waals surface area contributed by atoms with Crippen LogP contribution in [-0.2, 0) is 0 Å². The number of aliphatic imine (C=N–C) groups is 1. The number of benzene rings is 1. The number of halogens is 1. The van der Waals surface area contributed by atoms with Crippen LogP contribution in [0.5, 0.6) is 0 Å². The summed E-state index contributed by atoms with van der Waals surface area (Å²) in [5.74, 6) is 1.29. The molecule has 4 rings (SSSR count). The van der Waals surface area contributed by atoms with Crippen LogP contribution in [0.1, 0.15) is 9.88 Å². The van der Waals surface area contributed by atoms with Gasteiger partial charge in [0, 0.05) is 26.2 Å². The third-order valence-electron chi connectivity index (χ3n) is 4.20. The van der Waals surface area contributed by atoms with E-state index in [0.29, 0.717) is 11.4 Å². The molecule has 0 saturated carbocycles. The Labute approximate surface area is 138 Å². The number of aromatic nitrogens is 1. The van der Waals surface area contributed by atoms with Gasteiger partial charge < -0.3 is 15.1 Å². The Bertz CT molecular complexity index is 777. The Kier molecular flexibility index (Phi) is 3.54. The zero-order valence-corrected chi connectivity index (χ0v) is 14.0. The maximum Gasteiger partial charge on any atom is 0.152 e. The van der Waals surface area contributed by atoms with Crippen LogP contribution in [0.2, 0.25) is 0 Å². The van der Waals surface area contributed by atoms with Gasteiger partial charge in [0.2, 0.25) is 0 Å². The monoisotopic (exact) mass is 331 g/mol. The quantitative estimate of drug-likeness (QED) is 0.806. The highest BCUT2D eigenvalue weighted by atomic mass is 32.1. The van der Waals surface area contributed by atoms with E-state index in [9.17, 15) is 4.39 Å². The summed E-state index contributed by atoms with van der Waals surface area (Å²) in [4.78, 5) is 14.8. The lowest BCUT2D eigenvalue weighted by molar-refractivity contribution is 0.216. The Balaban J connectivity index is 1.84. The van der Waals surface area contributed by atoms with E-state index in [1.807, 2.05) is 13.0 Å². The Morgan fingerprint density at radius 1 is 1.22 bits per heavy atom. The highest BCUT2D eigenvalue weighted by Crippen LogP contribution is 2.38. The summed E-state index contributed by atoms with van der Waals surface area (Å²) in [5, 5.41) is 4.23. The molecule has 3 heterocycles. The lowest BCUT2D eigenvalue weighted by Gasteiger charge is -2.34. The van der Waals surface area contributed by atoms with Crippen molar-refractivity contribution in [3.8, 4) is 0 Å². The van der Waals surface area contributed by atoms with Crippen molar-refractivity contribution in [1.82, 2.24) is 14.8 Å². The van der Waals surface area contributed by atoms with Crippen LogP contribution in [0.15, 0.2) is 23.2 Å². The molecule has 2 aliphatic rings. The van der Waals surface area contributed by atoms with Gasteiger partial charge >= 0.3 is 0 Å². The summed E-state index contributed by atoms with van der Waals surface area (Å²) in [6, 6.07) is 4.98. The van der Waals surface area contributed by atoms with Gasteiger partial charge in [-0.3, -0.25) is 0 Å². The van der Waals surface area contributed by atoms with Gasteiger partial charge in [0.25, 0.3) is 0 Å². The summed E-state index contributed by atoms with van der Waals surface area (Å²) in [5.41, 5.74) is 1.03. The maximum atomic E-state index is 14.3. The van der Waals surface area contributed by atoms with Crippen molar-refractivity contribution in [2.24, 2.45) is 4.99 Å². The molecule has 1 aromatic heterocycles. The highest BCUT2D eigenvalue weighted by Gasteiger charge is 2.27. The van der Waals surface area contributed by atoms with Crippen LogP contribution < -0.4 is 5.32 Å². The molecule has 7 heteroatoms. The number of nitrogens with one attached hydrogen (secondary N) is 1. The molecule has 0 radical (unpaired) electrons. The molecule has 2 aromatic rings. The van der Waals surface area contributed by atoms with E-state index in [1.54, 1.807) is 17.4 Å². The first kappa shape index (κ1) is 14.6. The van der Waals surface area contributed by atoms with E-state index in [-0.39, 0.29) is 5.82 Å². The van der Waals surface area contributed by atoms with Gasteiger partial charge in [-0.2, -0.15) is 0 Å². The Morgan fingerprint density at radius 2 is 2.00 bits per heavy atom. The summed E-state index contributed by atoms with van der Waals surface area (Å²) < 4.78 is 14.3. The standard InChI is InChI=1S/C16H18FN5S/c1-10-18-15-14(23-10)16(22-8-6-21(2)7-9-22)20-13-11(17)4-3-5-12(13)19-15/h3-5,19H,6-9H2,1-2H3. The smallest absolute Gasteiger partial charge is 0.152 e. The molecule has 2 aliphatic heterocycles. The highest BCUT2D eigenvalue weighted by molar-refractivity contribution is 7.14. The summed E-state index contributed by atoms with van der Waals surface area (Å²) in [6.45, 7) is 5.70. The van der Waals surface area contributed by atoms with Crippen LogP contribution in [0.3, 0.4) is 0 Å². The van der Waals surface area contributed by atoms with Gasteiger partial charge in [-0.25, -0.2) is 14.4 Å². The maximum absolute atomic E-state index is 14.3. The van der Waals surface area contributed by atoms with Crippen molar-refractivity contribution in [3.63, 3.8) is 0 Å². The fraction of sp³-hybridized carbons (Fsp3) is 0.375. The molecule has 0 amide bonds. The lowest BCUT2D eigenvalue weighted by atomic mass is 10.2. The number of nitrogens with zero attached hydrogens (tertiary/aromatic N) is 4. The number of hydrogen-bond acceptors (Lipinski definition) is 6. The molecular weight excluding hydrogens is 313 g/mol. The topological polar surface area (TPSA) is 43.8 Å². The molecule has 1 N–H and O–H groups in total. The number of anilines is 2. The van der Waals surface area contributed by atoms with Gasteiger partial charge in [-0.05, 0) is 26.1 Å². The number of aryl methyl sites for hydroxylation is 1. The molecule has 1 saturated heterocycles. The molecule has 1 fully saturated rings. The minimum Gasteiger partial charge on any atom is -0.353 e. The average molecular weight is 331 g/mol. The minimum absolute atomic E-state index is 0.312. The molecule has 23 heavy (non-hydrogen) atoms. The van der Waals surface area contributed by atoms with Gasteiger partial charge in [0.15, 0.2) is 17.5 Å². The number of likely N-dealkylation sites (N-methyl/N-ethyl adjacent to an activating group) is 1. The van der Waals surface area contributed by atoms with Gasteiger partial charge in [-0.15, -0.1) is 11.3 Å². The second kappa shape index (κ2) is 5.58. The summed E-state index contributed by atoms with van der Waals surface area (Å²) in [7, 11) is 2.12. The van der Waals surface area contributed by atoms with Crippen molar-refractivity contribution in [3.05, 3.63) is 33.9 Å². The van der Waals surface area contributed by atoms with Crippen LogP contribution in [-0.4, -0.2) is 53.8 Å². The number of rotatable bonds is 0. The third-order valence-corrected chi connectivity index (χ3v) is 5.16. The number of hydrogen-bond donors (Lipinski definition) is 1. The van der Waals surface area contributed by atoms with Crippen LogP contribution >= 0.6 is 11.3 Å². The number of amidine groups is 1. The number of thiazole rings is 1. The molecule has 120 valence electrons. The van der Waals surface area contributed by atoms with Crippen molar-refractivity contribution in [1.29, 1.82) is 0 Å². The summed E-state index contributed by atoms with van der Waals surface area (Å²) in [6.07, 6.45) is 0. The molecule has 0 atom stereocenters. The van der Waals surface area contributed by atoms with Crippen LogP contribution in [0, 0.1) is 12.7 Å². The predicted octanol–water partition coefficient (Wildman–Crippen LogP) is 2.97. The fourth-order valence-corrected chi connectivity index (χ4v) is 3.80. The normalized spacial score (nSPS) is 17.9. The SMILES string of the molecule is Cc1nc2c(s1)C(N1CCN(C)CC1)=Nc1c(F)cccc1N2. The van der Waals surface area contributed by atoms with E-state index >= 15 is 0 Å². The van der Waals surface area contributed by atoms with E-state index in [2.05, 4.69) is 27.1 Å². The third kappa shape index (κ3) is 2.60. The number of fused-ring (bicyclic) bond motifs is 2. The summed E-state index contributed by atoms with van der Waals surface area (Å²) >= 11 is 1.60. The fourth-order valence-electron chi connectivity index (χ4n) is 2.91. The van der Waals surface area contributed by atoms with Crippen LogP contribution in [0.25, 0.3) is 0 Å². The Hall–Kier alpha value is -1.99.